The summed E-state index contributed by atoms with van der Waals surface area (Å²) < 4.78 is 6.39. The van der Waals surface area contributed by atoms with Crippen LogP contribution in [-0.2, 0) is 11.3 Å². The van der Waals surface area contributed by atoms with E-state index in [2.05, 4.69) is 5.32 Å². The maximum absolute atomic E-state index is 11.8. The van der Waals surface area contributed by atoms with Crippen LogP contribution in [0.1, 0.15) is 13.8 Å². The molecule has 0 aliphatic carbocycles. The minimum absolute atomic E-state index is 0.0461. The van der Waals surface area contributed by atoms with Crippen molar-refractivity contribution in [3.8, 4) is 11.8 Å². The maximum Gasteiger partial charge on any atom is 0.293 e. The van der Waals surface area contributed by atoms with Gasteiger partial charge in [0, 0.05) is 12.7 Å². The minimum atomic E-state index is -0.416. The number of aromatic nitrogens is 1. The van der Waals surface area contributed by atoms with Gasteiger partial charge in [-0.05, 0) is 18.1 Å². The molecule has 0 saturated heterocycles. The van der Waals surface area contributed by atoms with E-state index in [1.54, 1.807) is 6.07 Å². The summed E-state index contributed by atoms with van der Waals surface area (Å²) in [5, 5.41) is 11.2. The summed E-state index contributed by atoms with van der Waals surface area (Å²) in [4.78, 5) is 23.2. The van der Waals surface area contributed by atoms with Gasteiger partial charge in [-0.25, -0.2) is 0 Å². The molecule has 0 aliphatic heterocycles. The van der Waals surface area contributed by atoms with Crippen LogP contribution in [0.25, 0.3) is 0 Å². The highest BCUT2D eigenvalue weighted by molar-refractivity contribution is 5.77. The number of ether oxygens (including phenoxy) is 1. The maximum atomic E-state index is 11.8. The van der Waals surface area contributed by atoms with Crippen LogP contribution in [0.2, 0.25) is 0 Å². The van der Waals surface area contributed by atoms with Gasteiger partial charge in [-0.2, -0.15) is 5.26 Å². The Morgan fingerprint density at radius 3 is 2.95 bits per heavy atom. The summed E-state index contributed by atoms with van der Waals surface area (Å²) in [6.07, 6.45) is 1.50. The predicted molar refractivity (Wildman–Crippen MR) is 69.7 cm³/mol. The van der Waals surface area contributed by atoms with E-state index in [1.807, 2.05) is 19.9 Å². The molecule has 1 amide bonds. The quantitative estimate of drug-likeness (QED) is 0.811. The summed E-state index contributed by atoms with van der Waals surface area (Å²) in [6.45, 7) is 4.28. The van der Waals surface area contributed by atoms with Crippen molar-refractivity contribution in [3.05, 3.63) is 28.7 Å². The average Bonchev–Trinajstić information content (AvgIpc) is 2.37. The van der Waals surface area contributed by atoms with Crippen LogP contribution in [0.4, 0.5) is 0 Å². The summed E-state index contributed by atoms with van der Waals surface area (Å²) in [5.41, 5.74) is -0.416. The number of amides is 1. The molecule has 102 valence electrons. The third-order valence-corrected chi connectivity index (χ3v) is 2.29. The standard InChI is InChI=1S/C13H17N3O3/c1-10(2)8-15-12(17)9-19-11-4-3-6-16(7-5-14)13(11)18/h3-4,6,10H,7-9H2,1-2H3,(H,15,17). The van der Waals surface area contributed by atoms with E-state index >= 15 is 0 Å². The van der Waals surface area contributed by atoms with Crippen LogP contribution in [0.5, 0.6) is 5.75 Å². The van der Waals surface area contributed by atoms with Gasteiger partial charge >= 0.3 is 0 Å². The van der Waals surface area contributed by atoms with Gasteiger partial charge in [-0.3, -0.25) is 14.2 Å². The Morgan fingerprint density at radius 1 is 1.58 bits per heavy atom. The highest BCUT2D eigenvalue weighted by atomic mass is 16.5. The van der Waals surface area contributed by atoms with Crippen LogP contribution in [0.15, 0.2) is 23.1 Å². The van der Waals surface area contributed by atoms with Gasteiger partial charge < -0.3 is 10.1 Å². The van der Waals surface area contributed by atoms with Gasteiger partial charge in [0.05, 0.1) is 6.07 Å². The molecule has 19 heavy (non-hydrogen) atoms. The first-order chi connectivity index (χ1) is 9.04. The SMILES string of the molecule is CC(C)CNC(=O)COc1cccn(CC#N)c1=O. The number of carbonyl (C=O) groups is 1. The lowest BCUT2D eigenvalue weighted by Gasteiger charge is -2.09. The second-order valence-electron chi connectivity index (χ2n) is 4.45. The molecule has 0 aromatic carbocycles. The second kappa shape index (κ2) is 7.21. The van der Waals surface area contributed by atoms with Gasteiger partial charge in [0.15, 0.2) is 12.4 Å². The molecule has 0 radical (unpaired) electrons. The summed E-state index contributed by atoms with van der Waals surface area (Å²) in [6, 6.07) is 4.95. The summed E-state index contributed by atoms with van der Waals surface area (Å²) in [7, 11) is 0. The average molecular weight is 263 g/mol. The Hall–Kier alpha value is -2.29. The highest BCUT2D eigenvalue weighted by Crippen LogP contribution is 2.01. The van der Waals surface area contributed by atoms with Crippen molar-refractivity contribution in [3.63, 3.8) is 0 Å². The van der Waals surface area contributed by atoms with Crippen molar-refractivity contribution in [2.75, 3.05) is 13.2 Å². The molecule has 1 rings (SSSR count). The molecule has 0 fully saturated rings. The lowest BCUT2D eigenvalue weighted by Crippen LogP contribution is -2.33. The Bertz CT molecular complexity index is 529. The van der Waals surface area contributed by atoms with E-state index in [0.29, 0.717) is 12.5 Å². The Labute approximate surface area is 111 Å². The first-order valence-electron chi connectivity index (χ1n) is 6.00. The van der Waals surface area contributed by atoms with E-state index < -0.39 is 5.56 Å². The van der Waals surface area contributed by atoms with Crippen LogP contribution in [-0.4, -0.2) is 23.6 Å². The molecule has 0 bridgehead atoms. The zero-order valence-corrected chi connectivity index (χ0v) is 11.0. The van der Waals surface area contributed by atoms with E-state index in [4.69, 9.17) is 10.00 Å². The number of nitriles is 1. The third kappa shape index (κ3) is 4.84. The molecule has 1 heterocycles. The molecule has 0 atom stereocenters. The van der Waals surface area contributed by atoms with Crippen LogP contribution in [0.3, 0.4) is 0 Å². The molecule has 1 N–H and O–H groups in total. The van der Waals surface area contributed by atoms with E-state index in [-0.39, 0.29) is 24.8 Å². The highest BCUT2D eigenvalue weighted by Gasteiger charge is 2.07. The molecular weight excluding hydrogens is 246 g/mol. The monoisotopic (exact) mass is 263 g/mol. The summed E-state index contributed by atoms with van der Waals surface area (Å²) in [5.74, 6) is 0.148. The fourth-order valence-electron chi connectivity index (χ4n) is 1.34. The second-order valence-corrected chi connectivity index (χ2v) is 4.45. The first-order valence-corrected chi connectivity index (χ1v) is 6.00. The van der Waals surface area contributed by atoms with E-state index in [1.165, 1.54) is 16.8 Å². The van der Waals surface area contributed by atoms with Crippen LogP contribution >= 0.6 is 0 Å². The van der Waals surface area contributed by atoms with Crippen LogP contribution in [0, 0.1) is 17.2 Å². The third-order valence-electron chi connectivity index (χ3n) is 2.29. The Balaban J connectivity index is 2.59. The van der Waals surface area contributed by atoms with Crippen molar-refractivity contribution in [1.29, 1.82) is 5.26 Å². The molecule has 6 nitrogen and oxygen atoms in total. The van der Waals surface area contributed by atoms with Gasteiger partial charge in [0.25, 0.3) is 11.5 Å². The predicted octanol–water partition coefficient (Wildman–Crippen LogP) is 0.523. The van der Waals surface area contributed by atoms with Crippen molar-refractivity contribution in [2.45, 2.75) is 20.4 Å². The Kier molecular flexibility index (Phi) is 5.61. The fourth-order valence-corrected chi connectivity index (χ4v) is 1.34. The number of hydrogen-bond donors (Lipinski definition) is 1. The van der Waals surface area contributed by atoms with Crippen LogP contribution < -0.4 is 15.6 Å². The lowest BCUT2D eigenvalue weighted by atomic mass is 10.2. The molecule has 0 saturated carbocycles. The zero-order chi connectivity index (χ0) is 14.3. The van der Waals surface area contributed by atoms with Crippen molar-refractivity contribution < 1.29 is 9.53 Å². The molecule has 1 aromatic rings. The number of pyridine rings is 1. The van der Waals surface area contributed by atoms with Crippen molar-refractivity contribution in [2.24, 2.45) is 5.92 Å². The summed E-state index contributed by atoms with van der Waals surface area (Å²) >= 11 is 0. The van der Waals surface area contributed by atoms with Crippen molar-refractivity contribution in [1.82, 2.24) is 9.88 Å². The molecule has 0 spiro atoms. The molecule has 0 aliphatic rings. The number of carbonyl (C=O) groups excluding carboxylic acids is 1. The number of nitrogens with zero attached hydrogens (tertiary/aromatic N) is 2. The number of nitrogens with one attached hydrogen (secondary N) is 1. The first kappa shape index (κ1) is 14.8. The molecule has 6 heteroatoms. The molecule has 0 unspecified atom stereocenters. The smallest absolute Gasteiger partial charge is 0.293 e. The molecule has 1 aromatic heterocycles. The largest absolute Gasteiger partial charge is 0.478 e. The lowest BCUT2D eigenvalue weighted by molar-refractivity contribution is -0.123. The fraction of sp³-hybridized carbons (Fsp3) is 0.462. The van der Waals surface area contributed by atoms with E-state index in [9.17, 15) is 9.59 Å². The topological polar surface area (TPSA) is 84.1 Å². The van der Waals surface area contributed by atoms with Gasteiger partial charge in [0.2, 0.25) is 0 Å². The molecular formula is C13H17N3O3. The van der Waals surface area contributed by atoms with Gasteiger partial charge in [0.1, 0.15) is 6.54 Å². The Morgan fingerprint density at radius 2 is 2.32 bits per heavy atom. The number of hydrogen-bond acceptors (Lipinski definition) is 4. The zero-order valence-electron chi connectivity index (χ0n) is 11.0. The minimum Gasteiger partial charge on any atom is -0.478 e. The van der Waals surface area contributed by atoms with Crippen molar-refractivity contribution >= 4 is 5.91 Å². The van der Waals surface area contributed by atoms with Gasteiger partial charge in [-0.15, -0.1) is 0 Å². The number of rotatable bonds is 6. The normalized spacial score (nSPS) is 10.0. The van der Waals surface area contributed by atoms with E-state index in [0.717, 1.165) is 0 Å². The van der Waals surface area contributed by atoms with Gasteiger partial charge in [-0.1, -0.05) is 13.8 Å².